The van der Waals surface area contributed by atoms with Gasteiger partial charge in [0, 0.05) is 26.2 Å². The van der Waals surface area contributed by atoms with Crippen molar-refractivity contribution in [2.24, 2.45) is 11.7 Å². The maximum absolute atomic E-state index is 5.55. The van der Waals surface area contributed by atoms with E-state index in [0.717, 1.165) is 38.1 Å². The van der Waals surface area contributed by atoms with Crippen LogP contribution < -0.4 is 5.73 Å². The van der Waals surface area contributed by atoms with Crippen molar-refractivity contribution in [2.45, 2.75) is 32.2 Å². The molecule has 0 aromatic rings. The molecular formula is C11H24N2O. The van der Waals surface area contributed by atoms with E-state index in [9.17, 15) is 0 Å². The van der Waals surface area contributed by atoms with Crippen LogP contribution in [0.1, 0.15) is 26.2 Å². The Morgan fingerprint density at radius 3 is 2.71 bits per heavy atom. The Labute approximate surface area is 87.6 Å². The van der Waals surface area contributed by atoms with Gasteiger partial charge in [-0.1, -0.05) is 6.92 Å². The van der Waals surface area contributed by atoms with E-state index in [1.165, 1.54) is 19.4 Å². The normalized spacial score (nSPS) is 18.9. The van der Waals surface area contributed by atoms with Gasteiger partial charge in [0.2, 0.25) is 0 Å². The van der Waals surface area contributed by atoms with Crippen molar-refractivity contribution in [2.75, 3.05) is 33.4 Å². The summed E-state index contributed by atoms with van der Waals surface area (Å²) in [5.41, 5.74) is 5.55. The lowest BCUT2D eigenvalue weighted by molar-refractivity contribution is 0.133. The molecule has 3 heteroatoms. The number of nitrogens with two attached hydrogens (primary N) is 1. The van der Waals surface area contributed by atoms with E-state index >= 15 is 0 Å². The van der Waals surface area contributed by atoms with Crippen molar-refractivity contribution in [3.8, 4) is 0 Å². The van der Waals surface area contributed by atoms with Gasteiger partial charge in [0.1, 0.15) is 0 Å². The van der Waals surface area contributed by atoms with Gasteiger partial charge in [-0.15, -0.1) is 0 Å². The van der Waals surface area contributed by atoms with Gasteiger partial charge in [0.25, 0.3) is 0 Å². The predicted octanol–water partition coefficient (Wildman–Crippen LogP) is 1.08. The summed E-state index contributed by atoms with van der Waals surface area (Å²) >= 11 is 0. The van der Waals surface area contributed by atoms with Crippen molar-refractivity contribution >= 4 is 0 Å². The van der Waals surface area contributed by atoms with Gasteiger partial charge in [-0.3, -0.25) is 4.90 Å². The van der Waals surface area contributed by atoms with Gasteiger partial charge in [-0.05, 0) is 31.7 Å². The number of ether oxygens (including phenoxy) is 1. The van der Waals surface area contributed by atoms with Crippen LogP contribution in [0.5, 0.6) is 0 Å². The van der Waals surface area contributed by atoms with Crippen LogP contribution in [0.15, 0.2) is 0 Å². The maximum atomic E-state index is 5.55. The second-order valence-corrected chi connectivity index (χ2v) is 4.40. The summed E-state index contributed by atoms with van der Waals surface area (Å²) in [5, 5.41) is 0. The zero-order valence-corrected chi connectivity index (χ0v) is 9.54. The number of methoxy groups -OCH3 is 1. The molecule has 1 atom stereocenters. The lowest BCUT2D eigenvalue weighted by Gasteiger charge is -2.25. The summed E-state index contributed by atoms with van der Waals surface area (Å²) in [7, 11) is 1.77. The topological polar surface area (TPSA) is 38.5 Å². The van der Waals surface area contributed by atoms with Crippen LogP contribution in [-0.2, 0) is 4.74 Å². The maximum Gasteiger partial charge on any atom is 0.0589 e. The zero-order chi connectivity index (χ0) is 10.4. The molecule has 1 saturated carbocycles. The van der Waals surface area contributed by atoms with Gasteiger partial charge in [-0.2, -0.15) is 0 Å². The first-order chi connectivity index (χ1) is 6.77. The molecule has 1 fully saturated rings. The third-order valence-electron chi connectivity index (χ3n) is 2.85. The Balaban J connectivity index is 2.20. The van der Waals surface area contributed by atoms with Gasteiger partial charge >= 0.3 is 0 Å². The van der Waals surface area contributed by atoms with E-state index in [4.69, 9.17) is 10.5 Å². The van der Waals surface area contributed by atoms with E-state index in [1.54, 1.807) is 7.11 Å². The quantitative estimate of drug-likeness (QED) is 0.637. The van der Waals surface area contributed by atoms with E-state index in [1.807, 2.05) is 0 Å². The van der Waals surface area contributed by atoms with Crippen LogP contribution in [-0.4, -0.2) is 44.3 Å². The van der Waals surface area contributed by atoms with E-state index < -0.39 is 0 Å². The average molecular weight is 200 g/mol. The molecule has 84 valence electrons. The van der Waals surface area contributed by atoms with Crippen molar-refractivity contribution in [1.29, 1.82) is 0 Å². The standard InChI is InChI=1S/C11H24N2O/c1-10(5-6-12)9-13(7-8-14-2)11-3-4-11/h10-11H,3-9,12H2,1-2H3. The summed E-state index contributed by atoms with van der Waals surface area (Å²) in [5.74, 6) is 0.720. The molecule has 0 aliphatic heterocycles. The van der Waals surface area contributed by atoms with Crippen LogP contribution in [0.25, 0.3) is 0 Å². The Kier molecular flexibility index (Phi) is 5.45. The first kappa shape index (κ1) is 12.0. The zero-order valence-electron chi connectivity index (χ0n) is 9.54. The highest BCUT2D eigenvalue weighted by Crippen LogP contribution is 2.27. The van der Waals surface area contributed by atoms with Crippen LogP contribution in [0.3, 0.4) is 0 Å². The second-order valence-electron chi connectivity index (χ2n) is 4.40. The van der Waals surface area contributed by atoms with Crippen molar-refractivity contribution in [3.05, 3.63) is 0 Å². The molecule has 1 aliphatic rings. The monoisotopic (exact) mass is 200 g/mol. The summed E-state index contributed by atoms with van der Waals surface area (Å²) in [6.07, 6.45) is 3.88. The molecule has 1 unspecified atom stereocenters. The van der Waals surface area contributed by atoms with Gasteiger partial charge in [0.05, 0.1) is 6.61 Å². The van der Waals surface area contributed by atoms with E-state index in [-0.39, 0.29) is 0 Å². The number of rotatable bonds is 8. The molecule has 0 aromatic carbocycles. The third kappa shape index (κ3) is 4.40. The summed E-state index contributed by atoms with van der Waals surface area (Å²) < 4.78 is 5.13. The van der Waals surface area contributed by atoms with Gasteiger partial charge < -0.3 is 10.5 Å². The average Bonchev–Trinajstić information content (AvgIpc) is 2.95. The molecule has 1 aliphatic carbocycles. The smallest absolute Gasteiger partial charge is 0.0589 e. The molecule has 14 heavy (non-hydrogen) atoms. The molecular weight excluding hydrogens is 176 g/mol. The largest absolute Gasteiger partial charge is 0.383 e. The SMILES string of the molecule is COCCN(CC(C)CCN)C1CC1. The minimum atomic E-state index is 0.720. The van der Waals surface area contributed by atoms with Crippen molar-refractivity contribution < 1.29 is 4.74 Å². The van der Waals surface area contributed by atoms with E-state index in [2.05, 4.69) is 11.8 Å². The van der Waals surface area contributed by atoms with Gasteiger partial charge in [-0.25, -0.2) is 0 Å². The molecule has 0 heterocycles. The molecule has 0 radical (unpaired) electrons. The van der Waals surface area contributed by atoms with Gasteiger partial charge in [0.15, 0.2) is 0 Å². The highest BCUT2D eigenvalue weighted by molar-refractivity contribution is 4.85. The minimum Gasteiger partial charge on any atom is -0.383 e. The Morgan fingerprint density at radius 1 is 1.50 bits per heavy atom. The molecule has 0 saturated heterocycles. The first-order valence-electron chi connectivity index (χ1n) is 5.71. The summed E-state index contributed by atoms with van der Waals surface area (Å²) in [6.45, 7) is 6.21. The molecule has 0 amide bonds. The number of hydrogen-bond donors (Lipinski definition) is 1. The lowest BCUT2D eigenvalue weighted by Crippen LogP contribution is -2.34. The Hall–Kier alpha value is -0.120. The number of nitrogens with zero attached hydrogens (tertiary/aromatic N) is 1. The van der Waals surface area contributed by atoms with Crippen LogP contribution in [0.2, 0.25) is 0 Å². The molecule has 3 nitrogen and oxygen atoms in total. The second kappa shape index (κ2) is 6.38. The molecule has 2 N–H and O–H groups in total. The molecule has 0 aromatic heterocycles. The fraction of sp³-hybridized carbons (Fsp3) is 1.00. The van der Waals surface area contributed by atoms with Crippen molar-refractivity contribution in [3.63, 3.8) is 0 Å². The predicted molar refractivity (Wildman–Crippen MR) is 59.3 cm³/mol. The minimum absolute atomic E-state index is 0.720. The number of hydrogen-bond acceptors (Lipinski definition) is 3. The Morgan fingerprint density at radius 2 is 2.21 bits per heavy atom. The summed E-state index contributed by atoms with van der Waals surface area (Å²) in [4.78, 5) is 2.56. The van der Waals surface area contributed by atoms with E-state index in [0.29, 0.717) is 0 Å². The van der Waals surface area contributed by atoms with Crippen LogP contribution in [0, 0.1) is 5.92 Å². The molecule has 0 spiro atoms. The fourth-order valence-corrected chi connectivity index (χ4v) is 1.85. The molecule has 1 rings (SSSR count). The fourth-order valence-electron chi connectivity index (χ4n) is 1.85. The molecule has 0 bridgehead atoms. The Bertz CT molecular complexity index is 148. The van der Waals surface area contributed by atoms with Crippen LogP contribution in [0.4, 0.5) is 0 Å². The van der Waals surface area contributed by atoms with Crippen molar-refractivity contribution in [1.82, 2.24) is 4.90 Å². The van der Waals surface area contributed by atoms with Crippen LogP contribution >= 0.6 is 0 Å². The highest BCUT2D eigenvalue weighted by atomic mass is 16.5. The third-order valence-corrected chi connectivity index (χ3v) is 2.85. The first-order valence-corrected chi connectivity index (χ1v) is 5.71. The summed E-state index contributed by atoms with van der Waals surface area (Å²) in [6, 6.07) is 0.838. The highest BCUT2D eigenvalue weighted by Gasteiger charge is 2.29. The lowest BCUT2D eigenvalue weighted by atomic mass is 10.1.